The van der Waals surface area contributed by atoms with E-state index in [9.17, 15) is 9.90 Å². The second kappa shape index (κ2) is 5.66. The van der Waals surface area contributed by atoms with E-state index in [1.165, 1.54) is 16.8 Å². The summed E-state index contributed by atoms with van der Waals surface area (Å²) < 4.78 is 7.76. The minimum absolute atomic E-state index is 0.00689. The van der Waals surface area contributed by atoms with Crippen LogP contribution in [0.3, 0.4) is 0 Å². The Morgan fingerprint density at radius 1 is 1.47 bits per heavy atom. The molecule has 1 saturated heterocycles. The third-order valence-electron chi connectivity index (χ3n) is 3.15. The monoisotopic (exact) mass is 271 g/mol. The summed E-state index contributed by atoms with van der Waals surface area (Å²) >= 11 is 0. The van der Waals surface area contributed by atoms with Crippen LogP contribution in [0.4, 0.5) is 0 Å². The number of aliphatic hydroxyl groups excluding tert-OH is 3. The van der Waals surface area contributed by atoms with Gasteiger partial charge in [0, 0.05) is 12.6 Å². The fourth-order valence-corrected chi connectivity index (χ4v) is 2.13. The van der Waals surface area contributed by atoms with Gasteiger partial charge in [0.2, 0.25) is 0 Å². The van der Waals surface area contributed by atoms with Crippen LogP contribution in [0.1, 0.15) is 12.6 Å². The first-order valence-electron chi connectivity index (χ1n) is 6.00. The molecule has 0 aliphatic carbocycles. The first-order chi connectivity index (χ1) is 9.08. The number of rotatable bonds is 4. The van der Waals surface area contributed by atoms with Gasteiger partial charge in [0.25, 0.3) is 0 Å². The summed E-state index contributed by atoms with van der Waals surface area (Å²) in [6.07, 6.45) is -0.606. The SMILES string of the molecule is N=c1ccn([C@H]2C[C@H](O)[C@@H](CO)O2)c(=O)n1CCO. The third-order valence-corrected chi connectivity index (χ3v) is 3.15. The summed E-state index contributed by atoms with van der Waals surface area (Å²) in [4.78, 5) is 12.1. The molecule has 2 rings (SSSR count). The van der Waals surface area contributed by atoms with Crippen LogP contribution >= 0.6 is 0 Å². The van der Waals surface area contributed by atoms with E-state index >= 15 is 0 Å². The van der Waals surface area contributed by atoms with E-state index in [2.05, 4.69) is 0 Å². The number of nitrogens with one attached hydrogen (secondary N) is 1. The molecule has 0 amide bonds. The van der Waals surface area contributed by atoms with Gasteiger partial charge in [0.05, 0.1) is 25.9 Å². The molecular formula is C11H17N3O5. The van der Waals surface area contributed by atoms with Crippen molar-refractivity contribution in [2.45, 2.75) is 31.4 Å². The van der Waals surface area contributed by atoms with Gasteiger partial charge >= 0.3 is 5.69 Å². The van der Waals surface area contributed by atoms with Crippen molar-refractivity contribution in [2.75, 3.05) is 13.2 Å². The summed E-state index contributed by atoms with van der Waals surface area (Å²) in [6, 6.07) is 1.42. The lowest BCUT2D eigenvalue weighted by Crippen LogP contribution is -2.41. The zero-order valence-corrected chi connectivity index (χ0v) is 10.3. The Morgan fingerprint density at radius 2 is 2.21 bits per heavy atom. The van der Waals surface area contributed by atoms with Gasteiger partial charge in [-0.15, -0.1) is 0 Å². The van der Waals surface area contributed by atoms with Gasteiger partial charge in [0.1, 0.15) is 17.8 Å². The Bertz CT molecular complexity index is 552. The fraction of sp³-hybridized carbons (Fsp3) is 0.636. The molecule has 0 aromatic carbocycles. The van der Waals surface area contributed by atoms with Crippen molar-refractivity contribution < 1.29 is 20.1 Å². The molecule has 1 aliphatic rings. The van der Waals surface area contributed by atoms with E-state index in [1.54, 1.807) is 0 Å². The van der Waals surface area contributed by atoms with Gasteiger partial charge < -0.3 is 20.1 Å². The van der Waals surface area contributed by atoms with Gasteiger partial charge in [-0.05, 0) is 6.07 Å². The van der Waals surface area contributed by atoms with Crippen molar-refractivity contribution in [3.63, 3.8) is 0 Å². The maximum Gasteiger partial charge on any atom is 0.331 e. The quantitative estimate of drug-likeness (QED) is 0.493. The minimum atomic E-state index is -0.830. The van der Waals surface area contributed by atoms with Crippen molar-refractivity contribution in [3.05, 3.63) is 28.2 Å². The lowest BCUT2D eigenvalue weighted by atomic mass is 10.2. The first kappa shape index (κ1) is 13.9. The second-order valence-electron chi connectivity index (χ2n) is 4.38. The summed E-state index contributed by atoms with van der Waals surface area (Å²) in [7, 11) is 0. The molecule has 1 aromatic heterocycles. The van der Waals surface area contributed by atoms with E-state index in [0.717, 1.165) is 4.57 Å². The molecule has 1 aliphatic heterocycles. The van der Waals surface area contributed by atoms with Crippen molar-refractivity contribution >= 4 is 0 Å². The van der Waals surface area contributed by atoms with Crippen molar-refractivity contribution in [1.29, 1.82) is 5.41 Å². The lowest BCUT2D eigenvalue weighted by Gasteiger charge is -2.16. The Hall–Kier alpha value is -1.48. The number of ether oxygens (including phenoxy) is 1. The summed E-state index contributed by atoms with van der Waals surface area (Å²) in [5.74, 6) is 0. The van der Waals surface area contributed by atoms with Crippen molar-refractivity contribution in [3.8, 4) is 0 Å². The molecule has 0 saturated carbocycles. The highest BCUT2D eigenvalue weighted by molar-refractivity contribution is 4.89. The van der Waals surface area contributed by atoms with Crippen LogP contribution in [0.5, 0.6) is 0 Å². The second-order valence-corrected chi connectivity index (χ2v) is 4.38. The van der Waals surface area contributed by atoms with E-state index in [0.29, 0.717) is 0 Å². The number of hydrogen-bond acceptors (Lipinski definition) is 6. The predicted octanol–water partition coefficient (Wildman–Crippen LogP) is -2.24. The van der Waals surface area contributed by atoms with Gasteiger partial charge in [-0.1, -0.05) is 0 Å². The molecule has 1 fully saturated rings. The van der Waals surface area contributed by atoms with Crippen LogP contribution < -0.4 is 11.2 Å². The standard InChI is InChI=1S/C11H17N3O5/c12-9-1-2-14(11(18)13(9)3-4-15)10-5-7(17)8(6-16)19-10/h1-2,7-8,10,12,15-17H,3-6H2/t7-,8+,10+/m0/s1. The molecule has 19 heavy (non-hydrogen) atoms. The normalized spacial score (nSPS) is 26.8. The molecule has 4 N–H and O–H groups in total. The van der Waals surface area contributed by atoms with Crippen molar-refractivity contribution in [1.82, 2.24) is 9.13 Å². The predicted molar refractivity (Wildman–Crippen MR) is 63.3 cm³/mol. The molecule has 0 unspecified atom stereocenters. The Balaban J connectivity index is 2.34. The van der Waals surface area contributed by atoms with Crippen LogP contribution in [0, 0.1) is 5.41 Å². The summed E-state index contributed by atoms with van der Waals surface area (Å²) in [6.45, 7) is -0.542. The molecule has 3 atom stereocenters. The smallest absolute Gasteiger partial charge is 0.331 e. The highest BCUT2D eigenvalue weighted by Gasteiger charge is 2.35. The highest BCUT2D eigenvalue weighted by Crippen LogP contribution is 2.26. The molecular weight excluding hydrogens is 254 g/mol. The zero-order chi connectivity index (χ0) is 14.0. The topological polar surface area (TPSA) is 121 Å². The number of aromatic nitrogens is 2. The van der Waals surface area contributed by atoms with Crippen molar-refractivity contribution in [2.24, 2.45) is 0 Å². The zero-order valence-electron chi connectivity index (χ0n) is 10.3. The number of nitrogens with zero attached hydrogens (tertiary/aromatic N) is 2. The van der Waals surface area contributed by atoms with E-state index in [4.69, 9.17) is 20.4 Å². The molecule has 106 valence electrons. The van der Waals surface area contributed by atoms with Gasteiger partial charge in [-0.25, -0.2) is 4.79 Å². The molecule has 8 nitrogen and oxygen atoms in total. The average molecular weight is 271 g/mol. The largest absolute Gasteiger partial charge is 0.395 e. The van der Waals surface area contributed by atoms with Gasteiger partial charge in [0.15, 0.2) is 0 Å². The molecule has 0 bridgehead atoms. The number of hydrogen-bond donors (Lipinski definition) is 4. The third kappa shape index (κ3) is 2.61. The van der Waals surface area contributed by atoms with Crippen LogP contribution in [-0.4, -0.2) is 49.9 Å². The van der Waals surface area contributed by atoms with E-state index < -0.39 is 24.1 Å². The highest BCUT2D eigenvalue weighted by atomic mass is 16.5. The van der Waals surface area contributed by atoms with E-state index in [-0.39, 0.29) is 31.7 Å². The Kier molecular flexibility index (Phi) is 4.15. The maximum atomic E-state index is 12.1. The van der Waals surface area contributed by atoms with E-state index in [1.807, 2.05) is 0 Å². The molecule has 2 heterocycles. The van der Waals surface area contributed by atoms with Gasteiger partial charge in [-0.2, -0.15) is 0 Å². The maximum absolute atomic E-state index is 12.1. The summed E-state index contributed by atoms with van der Waals surface area (Å²) in [5, 5.41) is 35.2. The molecule has 1 aromatic rings. The lowest BCUT2D eigenvalue weighted by molar-refractivity contribution is -0.0464. The van der Waals surface area contributed by atoms with Crippen LogP contribution in [0.15, 0.2) is 17.1 Å². The average Bonchev–Trinajstić information content (AvgIpc) is 2.75. The minimum Gasteiger partial charge on any atom is -0.395 e. The Labute approximate surface area is 108 Å². The van der Waals surface area contributed by atoms with Crippen LogP contribution in [-0.2, 0) is 11.3 Å². The molecule has 8 heteroatoms. The summed E-state index contributed by atoms with van der Waals surface area (Å²) in [5.41, 5.74) is -0.495. The molecule has 0 spiro atoms. The number of aliphatic hydroxyl groups is 3. The van der Waals surface area contributed by atoms with Crippen LogP contribution in [0.25, 0.3) is 0 Å². The fourth-order valence-electron chi connectivity index (χ4n) is 2.13. The van der Waals surface area contributed by atoms with Crippen LogP contribution in [0.2, 0.25) is 0 Å². The molecule has 0 radical (unpaired) electrons. The Morgan fingerprint density at radius 3 is 2.79 bits per heavy atom. The first-order valence-corrected chi connectivity index (χ1v) is 6.00. The van der Waals surface area contributed by atoms with Gasteiger partial charge in [-0.3, -0.25) is 14.5 Å².